The standard InChI is InChI=1S/C8H13NO/c1-8(4-3-7-10)5-6-9-2/h5-6,10H,1-4,7H2/b6-5-. The van der Waals surface area contributed by atoms with Crippen LogP contribution in [-0.2, 0) is 0 Å². The van der Waals surface area contributed by atoms with Gasteiger partial charge in [-0.2, -0.15) is 0 Å². The fraction of sp³-hybridized carbons (Fsp3) is 0.375. The maximum Gasteiger partial charge on any atom is 0.0434 e. The molecule has 1 N–H and O–H groups in total. The smallest absolute Gasteiger partial charge is 0.0434 e. The van der Waals surface area contributed by atoms with Gasteiger partial charge in [0.1, 0.15) is 0 Å². The monoisotopic (exact) mass is 139 g/mol. The predicted octanol–water partition coefficient (Wildman–Crippen LogP) is 1.53. The van der Waals surface area contributed by atoms with Gasteiger partial charge < -0.3 is 5.11 Å². The quantitative estimate of drug-likeness (QED) is 0.454. The highest BCUT2D eigenvalue weighted by Crippen LogP contribution is 2.02. The van der Waals surface area contributed by atoms with Crippen molar-refractivity contribution in [3.8, 4) is 0 Å². The number of rotatable bonds is 5. The Hall–Kier alpha value is -0.890. The molecular weight excluding hydrogens is 126 g/mol. The Kier molecular flexibility index (Phi) is 5.68. The summed E-state index contributed by atoms with van der Waals surface area (Å²) >= 11 is 0. The normalized spacial score (nSPS) is 10.1. The summed E-state index contributed by atoms with van der Waals surface area (Å²) in [6, 6.07) is 0. The molecule has 2 nitrogen and oxygen atoms in total. The highest BCUT2D eigenvalue weighted by Gasteiger charge is 1.86. The third-order valence-corrected chi connectivity index (χ3v) is 1.07. The molecule has 0 bridgehead atoms. The van der Waals surface area contributed by atoms with Crippen LogP contribution in [0.4, 0.5) is 0 Å². The molecule has 0 fully saturated rings. The Labute approximate surface area is 61.6 Å². The summed E-state index contributed by atoms with van der Waals surface area (Å²) in [5.74, 6) is 0. The van der Waals surface area contributed by atoms with Gasteiger partial charge in [-0.1, -0.05) is 12.2 Å². The summed E-state index contributed by atoms with van der Waals surface area (Å²) < 4.78 is 0. The summed E-state index contributed by atoms with van der Waals surface area (Å²) in [6.45, 7) is 7.25. The van der Waals surface area contributed by atoms with Gasteiger partial charge >= 0.3 is 0 Å². The lowest BCUT2D eigenvalue weighted by atomic mass is 10.2. The zero-order valence-corrected chi connectivity index (χ0v) is 6.08. The first-order valence-electron chi connectivity index (χ1n) is 3.22. The summed E-state index contributed by atoms with van der Waals surface area (Å²) in [7, 11) is 0. The van der Waals surface area contributed by atoms with E-state index in [1.54, 1.807) is 12.3 Å². The van der Waals surface area contributed by atoms with Crippen molar-refractivity contribution in [3.63, 3.8) is 0 Å². The van der Waals surface area contributed by atoms with E-state index in [9.17, 15) is 0 Å². The van der Waals surface area contributed by atoms with Gasteiger partial charge in [0.25, 0.3) is 0 Å². The number of aliphatic hydroxyl groups excluding tert-OH is 1. The minimum absolute atomic E-state index is 0.217. The van der Waals surface area contributed by atoms with Crippen LogP contribution in [0.25, 0.3) is 0 Å². The van der Waals surface area contributed by atoms with Crippen molar-refractivity contribution in [2.24, 2.45) is 4.99 Å². The van der Waals surface area contributed by atoms with Crippen molar-refractivity contribution in [1.29, 1.82) is 0 Å². The molecule has 0 spiro atoms. The number of hydrogen-bond donors (Lipinski definition) is 1. The van der Waals surface area contributed by atoms with E-state index in [0.717, 1.165) is 18.4 Å². The van der Waals surface area contributed by atoms with Crippen LogP contribution in [0.3, 0.4) is 0 Å². The second-order valence-electron chi connectivity index (χ2n) is 1.98. The first-order chi connectivity index (χ1) is 4.81. The van der Waals surface area contributed by atoms with E-state index >= 15 is 0 Å². The SMILES string of the molecule is C=N/C=C\C(=C)CCCO. The average molecular weight is 139 g/mol. The van der Waals surface area contributed by atoms with E-state index in [1.165, 1.54) is 0 Å². The Morgan fingerprint density at radius 1 is 1.60 bits per heavy atom. The van der Waals surface area contributed by atoms with E-state index in [4.69, 9.17) is 5.11 Å². The van der Waals surface area contributed by atoms with Crippen molar-refractivity contribution in [2.45, 2.75) is 12.8 Å². The van der Waals surface area contributed by atoms with Gasteiger partial charge in [-0.15, -0.1) is 0 Å². The van der Waals surface area contributed by atoms with E-state index in [-0.39, 0.29) is 6.61 Å². The minimum Gasteiger partial charge on any atom is -0.396 e. The second kappa shape index (κ2) is 6.23. The molecule has 56 valence electrons. The Morgan fingerprint density at radius 2 is 2.30 bits per heavy atom. The number of hydrogen-bond acceptors (Lipinski definition) is 2. The summed E-state index contributed by atoms with van der Waals surface area (Å²) in [5, 5.41) is 8.44. The molecule has 0 aliphatic rings. The predicted molar refractivity (Wildman–Crippen MR) is 44.1 cm³/mol. The van der Waals surface area contributed by atoms with Gasteiger partial charge in [0.2, 0.25) is 0 Å². The van der Waals surface area contributed by atoms with Crippen molar-refractivity contribution < 1.29 is 5.11 Å². The third kappa shape index (κ3) is 5.25. The van der Waals surface area contributed by atoms with Crippen LogP contribution < -0.4 is 0 Å². The zero-order chi connectivity index (χ0) is 7.82. The van der Waals surface area contributed by atoms with E-state index < -0.39 is 0 Å². The average Bonchev–Trinajstić information content (AvgIpc) is 1.97. The topological polar surface area (TPSA) is 32.6 Å². The maximum atomic E-state index is 8.44. The molecule has 0 aromatic heterocycles. The van der Waals surface area contributed by atoms with Crippen LogP contribution in [0.2, 0.25) is 0 Å². The lowest BCUT2D eigenvalue weighted by Gasteiger charge is -1.94. The van der Waals surface area contributed by atoms with Crippen molar-refractivity contribution >= 4 is 6.72 Å². The molecule has 0 radical (unpaired) electrons. The molecule has 0 aromatic carbocycles. The summed E-state index contributed by atoms with van der Waals surface area (Å²) in [6.07, 6.45) is 4.98. The van der Waals surface area contributed by atoms with Crippen molar-refractivity contribution in [3.05, 3.63) is 24.4 Å². The molecule has 0 aromatic rings. The molecule has 0 amide bonds. The first-order valence-corrected chi connectivity index (χ1v) is 3.22. The number of nitrogens with zero attached hydrogens (tertiary/aromatic N) is 1. The third-order valence-electron chi connectivity index (χ3n) is 1.07. The van der Waals surface area contributed by atoms with Crippen LogP contribution in [0.1, 0.15) is 12.8 Å². The number of aliphatic imine (C=N–C) groups is 1. The zero-order valence-electron chi connectivity index (χ0n) is 6.08. The Bertz CT molecular complexity index is 138. The van der Waals surface area contributed by atoms with E-state index in [2.05, 4.69) is 18.3 Å². The van der Waals surface area contributed by atoms with E-state index in [0.29, 0.717) is 0 Å². The minimum atomic E-state index is 0.217. The highest BCUT2D eigenvalue weighted by molar-refractivity contribution is 5.27. The molecular formula is C8H13NO. The van der Waals surface area contributed by atoms with Crippen LogP contribution in [0.15, 0.2) is 29.4 Å². The highest BCUT2D eigenvalue weighted by atomic mass is 16.2. The molecule has 0 saturated heterocycles. The first kappa shape index (κ1) is 9.11. The Balaban J connectivity index is 3.43. The fourth-order valence-corrected chi connectivity index (χ4v) is 0.548. The fourth-order valence-electron chi connectivity index (χ4n) is 0.548. The van der Waals surface area contributed by atoms with Gasteiger partial charge in [0.05, 0.1) is 0 Å². The molecule has 0 saturated carbocycles. The van der Waals surface area contributed by atoms with Crippen molar-refractivity contribution in [2.75, 3.05) is 6.61 Å². The van der Waals surface area contributed by atoms with Gasteiger partial charge in [-0.3, -0.25) is 4.99 Å². The molecule has 10 heavy (non-hydrogen) atoms. The molecule has 0 aliphatic carbocycles. The molecule has 0 atom stereocenters. The largest absolute Gasteiger partial charge is 0.396 e. The van der Waals surface area contributed by atoms with Gasteiger partial charge in [0, 0.05) is 12.8 Å². The molecule has 2 heteroatoms. The molecule has 0 rings (SSSR count). The number of aliphatic hydroxyl groups is 1. The summed E-state index contributed by atoms with van der Waals surface area (Å²) in [4.78, 5) is 3.53. The van der Waals surface area contributed by atoms with E-state index in [1.807, 2.05) is 0 Å². The van der Waals surface area contributed by atoms with Crippen LogP contribution in [0, 0.1) is 0 Å². The van der Waals surface area contributed by atoms with Crippen LogP contribution in [0.5, 0.6) is 0 Å². The Morgan fingerprint density at radius 3 is 2.80 bits per heavy atom. The molecule has 0 heterocycles. The molecule has 0 aliphatic heterocycles. The number of allylic oxidation sites excluding steroid dienone is 2. The van der Waals surface area contributed by atoms with Crippen LogP contribution in [-0.4, -0.2) is 18.4 Å². The van der Waals surface area contributed by atoms with Gasteiger partial charge in [-0.25, -0.2) is 0 Å². The van der Waals surface area contributed by atoms with Gasteiger partial charge in [0.15, 0.2) is 0 Å². The lowest BCUT2D eigenvalue weighted by Crippen LogP contribution is -1.82. The van der Waals surface area contributed by atoms with Crippen molar-refractivity contribution in [1.82, 2.24) is 0 Å². The maximum absolute atomic E-state index is 8.44. The summed E-state index contributed by atoms with van der Waals surface area (Å²) in [5.41, 5.74) is 0.974. The second-order valence-corrected chi connectivity index (χ2v) is 1.98. The van der Waals surface area contributed by atoms with Gasteiger partial charge in [-0.05, 0) is 25.6 Å². The molecule has 0 unspecified atom stereocenters. The van der Waals surface area contributed by atoms with Crippen LogP contribution >= 0.6 is 0 Å². The lowest BCUT2D eigenvalue weighted by molar-refractivity contribution is 0.289.